The van der Waals surface area contributed by atoms with Gasteiger partial charge in [-0.3, -0.25) is 4.72 Å². The van der Waals surface area contributed by atoms with E-state index >= 15 is 0 Å². The Balaban J connectivity index is 2.93. The van der Waals surface area contributed by atoms with Crippen LogP contribution in [0.2, 0.25) is 5.02 Å². The van der Waals surface area contributed by atoms with Crippen LogP contribution in [0.4, 0.5) is 5.69 Å². The lowest BCUT2D eigenvalue weighted by atomic mass is 10.3. The molecule has 1 N–H and O–H groups in total. The molecule has 0 aliphatic carbocycles. The van der Waals surface area contributed by atoms with Crippen molar-refractivity contribution in [1.29, 1.82) is 0 Å². The molecule has 0 aromatic heterocycles. The summed E-state index contributed by atoms with van der Waals surface area (Å²) in [4.78, 5) is 0. The van der Waals surface area contributed by atoms with E-state index in [9.17, 15) is 8.42 Å². The summed E-state index contributed by atoms with van der Waals surface area (Å²) in [6.07, 6.45) is 0. The average molecular weight is 240 g/mol. The highest BCUT2D eigenvalue weighted by molar-refractivity contribution is 7.93. The van der Waals surface area contributed by atoms with Gasteiger partial charge in [0.1, 0.15) is 5.21 Å². The molecule has 0 unspecified atom stereocenters. The number of hydrogen-bond acceptors (Lipinski definition) is 2. The van der Waals surface area contributed by atoms with Crippen molar-refractivity contribution in [3.63, 3.8) is 0 Å². The topological polar surface area (TPSA) is 46.2 Å². The molecule has 6 heteroatoms. The van der Waals surface area contributed by atoms with Gasteiger partial charge in [-0.1, -0.05) is 23.7 Å². The zero-order valence-corrected chi connectivity index (χ0v) is 8.83. The molecule has 0 saturated heterocycles. The van der Waals surface area contributed by atoms with E-state index in [-0.39, 0.29) is 0 Å². The molecule has 0 saturated carbocycles. The smallest absolute Gasteiger partial charge is 0.246 e. The van der Waals surface area contributed by atoms with Crippen molar-refractivity contribution >= 4 is 38.9 Å². The van der Waals surface area contributed by atoms with Gasteiger partial charge in [0.25, 0.3) is 0 Å². The van der Waals surface area contributed by atoms with Crippen LogP contribution < -0.4 is 4.72 Å². The Morgan fingerprint density at radius 3 is 2.46 bits per heavy atom. The average Bonchev–Trinajstić information content (AvgIpc) is 2.09. The Kier molecular flexibility index (Phi) is 3.41. The van der Waals surface area contributed by atoms with Crippen molar-refractivity contribution in [1.82, 2.24) is 0 Å². The monoisotopic (exact) mass is 239 g/mol. The maximum atomic E-state index is 11.0. The summed E-state index contributed by atoms with van der Waals surface area (Å²) in [5.74, 6) is 0. The molecule has 13 heavy (non-hydrogen) atoms. The zero-order chi connectivity index (χ0) is 9.90. The first-order chi connectivity index (χ1) is 6.05. The summed E-state index contributed by atoms with van der Waals surface area (Å²) in [6, 6.07) is 6.54. The van der Waals surface area contributed by atoms with Crippen LogP contribution >= 0.6 is 23.2 Å². The van der Waals surface area contributed by atoms with Gasteiger partial charge >= 0.3 is 0 Å². The zero-order valence-electron chi connectivity index (χ0n) is 6.50. The van der Waals surface area contributed by atoms with Crippen LogP contribution in [-0.4, -0.2) is 13.6 Å². The van der Waals surface area contributed by atoms with Crippen LogP contribution in [0.3, 0.4) is 0 Å². The molecular formula is C7H7Cl2NO2S. The quantitative estimate of drug-likeness (QED) is 0.824. The van der Waals surface area contributed by atoms with E-state index in [1.807, 2.05) is 0 Å². The lowest BCUT2D eigenvalue weighted by Gasteiger charge is -2.05. The number of para-hydroxylation sites is 1. The molecule has 3 nitrogen and oxygen atoms in total. The maximum absolute atomic E-state index is 11.0. The number of anilines is 1. The van der Waals surface area contributed by atoms with Gasteiger partial charge < -0.3 is 0 Å². The lowest BCUT2D eigenvalue weighted by molar-refractivity contribution is 0.605. The van der Waals surface area contributed by atoms with E-state index in [0.29, 0.717) is 10.7 Å². The number of alkyl halides is 1. The Morgan fingerprint density at radius 2 is 1.92 bits per heavy atom. The Labute approximate surface area is 86.7 Å². The highest BCUT2D eigenvalue weighted by Crippen LogP contribution is 2.21. The summed E-state index contributed by atoms with van der Waals surface area (Å²) in [7, 11) is -3.46. The molecule has 0 atom stereocenters. The van der Waals surface area contributed by atoms with Crippen LogP contribution in [0.5, 0.6) is 0 Å². The lowest BCUT2D eigenvalue weighted by Crippen LogP contribution is -2.13. The fourth-order valence-corrected chi connectivity index (χ4v) is 1.71. The van der Waals surface area contributed by atoms with E-state index in [2.05, 4.69) is 4.72 Å². The van der Waals surface area contributed by atoms with Crippen LogP contribution in [0.15, 0.2) is 24.3 Å². The number of rotatable bonds is 3. The summed E-state index contributed by atoms with van der Waals surface area (Å²) in [5, 5.41) is -0.144. The second-order valence-electron chi connectivity index (χ2n) is 2.31. The summed E-state index contributed by atoms with van der Waals surface area (Å²) < 4.78 is 24.3. The van der Waals surface area contributed by atoms with Gasteiger partial charge in [0.05, 0.1) is 10.7 Å². The van der Waals surface area contributed by atoms with Crippen molar-refractivity contribution in [3.05, 3.63) is 29.3 Å². The number of benzene rings is 1. The van der Waals surface area contributed by atoms with E-state index in [0.717, 1.165) is 0 Å². The molecule has 0 aliphatic heterocycles. The third kappa shape index (κ3) is 3.06. The molecule has 0 radical (unpaired) electrons. The fourth-order valence-electron chi connectivity index (χ4n) is 0.739. The molecule has 0 aliphatic rings. The summed E-state index contributed by atoms with van der Waals surface area (Å²) in [6.45, 7) is 0. The first kappa shape index (κ1) is 10.6. The molecule has 0 fully saturated rings. The van der Waals surface area contributed by atoms with Crippen molar-refractivity contribution in [2.45, 2.75) is 0 Å². The highest BCUT2D eigenvalue weighted by atomic mass is 35.5. The second kappa shape index (κ2) is 4.17. The first-order valence-corrected chi connectivity index (χ1v) is 5.92. The van der Waals surface area contributed by atoms with Gasteiger partial charge in [-0.2, -0.15) is 0 Å². The molecule has 0 spiro atoms. The van der Waals surface area contributed by atoms with Crippen molar-refractivity contribution in [2.75, 3.05) is 9.93 Å². The minimum absolute atomic E-state index is 0.338. The fraction of sp³-hybridized carbons (Fsp3) is 0.143. The van der Waals surface area contributed by atoms with E-state index in [4.69, 9.17) is 23.2 Å². The largest absolute Gasteiger partial charge is 0.281 e. The predicted octanol–water partition coefficient (Wildman–Crippen LogP) is 2.28. The van der Waals surface area contributed by atoms with Gasteiger partial charge in [-0.25, -0.2) is 8.42 Å². The molecule has 0 amide bonds. The minimum Gasteiger partial charge on any atom is -0.281 e. The van der Waals surface area contributed by atoms with Crippen LogP contribution in [0.1, 0.15) is 0 Å². The Bertz CT molecular complexity index is 391. The van der Waals surface area contributed by atoms with E-state index < -0.39 is 15.2 Å². The van der Waals surface area contributed by atoms with Gasteiger partial charge in [-0.05, 0) is 12.1 Å². The summed E-state index contributed by atoms with van der Waals surface area (Å²) >= 11 is 10.9. The van der Waals surface area contributed by atoms with Crippen LogP contribution in [0.25, 0.3) is 0 Å². The summed E-state index contributed by atoms with van der Waals surface area (Å²) in [5.41, 5.74) is 0.338. The molecule has 72 valence electrons. The maximum Gasteiger partial charge on any atom is 0.246 e. The van der Waals surface area contributed by atoms with Gasteiger partial charge in [-0.15, -0.1) is 11.6 Å². The predicted molar refractivity (Wildman–Crippen MR) is 54.7 cm³/mol. The van der Waals surface area contributed by atoms with Crippen LogP contribution in [0, 0.1) is 0 Å². The molecule has 1 rings (SSSR count). The molecular weight excluding hydrogens is 233 g/mol. The standard InChI is InChI=1S/C7H7Cl2NO2S/c8-5-13(11,12)10-7-4-2-1-3-6(7)9/h1-4,10H,5H2. The van der Waals surface area contributed by atoms with Crippen molar-refractivity contribution < 1.29 is 8.42 Å². The van der Waals surface area contributed by atoms with Crippen molar-refractivity contribution in [3.8, 4) is 0 Å². The first-order valence-electron chi connectivity index (χ1n) is 3.36. The van der Waals surface area contributed by atoms with Gasteiger partial charge in [0.2, 0.25) is 10.0 Å². The molecule has 1 aromatic rings. The Hall–Kier alpha value is -0.450. The molecule has 1 aromatic carbocycles. The normalized spacial score (nSPS) is 11.2. The Morgan fingerprint density at radius 1 is 1.31 bits per heavy atom. The highest BCUT2D eigenvalue weighted by Gasteiger charge is 2.09. The minimum atomic E-state index is -3.46. The molecule has 0 heterocycles. The molecule has 0 bridgehead atoms. The van der Waals surface area contributed by atoms with Crippen molar-refractivity contribution in [2.24, 2.45) is 0 Å². The van der Waals surface area contributed by atoms with Crippen LogP contribution in [-0.2, 0) is 10.0 Å². The number of sulfonamides is 1. The van der Waals surface area contributed by atoms with E-state index in [1.54, 1.807) is 24.3 Å². The van der Waals surface area contributed by atoms with Gasteiger partial charge in [0, 0.05) is 0 Å². The second-order valence-corrected chi connectivity index (χ2v) is 5.02. The third-order valence-electron chi connectivity index (χ3n) is 1.28. The number of hydrogen-bond donors (Lipinski definition) is 1. The SMILES string of the molecule is O=S(=O)(CCl)Nc1ccccc1Cl. The van der Waals surface area contributed by atoms with Gasteiger partial charge in [0.15, 0.2) is 0 Å². The number of nitrogens with one attached hydrogen (secondary N) is 1. The number of halogens is 2. The van der Waals surface area contributed by atoms with E-state index in [1.165, 1.54) is 0 Å². The third-order valence-corrected chi connectivity index (χ3v) is 3.29.